The number of ether oxygens (including phenoxy) is 1. The summed E-state index contributed by atoms with van der Waals surface area (Å²) in [4.78, 5) is 0. The van der Waals surface area contributed by atoms with E-state index < -0.39 is 0 Å². The third-order valence-corrected chi connectivity index (χ3v) is 4.25. The van der Waals surface area contributed by atoms with Crippen molar-refractivity contribution in [2.24, 2.45) is 5.73 Å². The van der Waals surface area contributed by atoms with Gasteiger partial charge in [0.15, 0.2) is 0 Å². The SMILES string of the molecule is CC(C)Oc1ccccc1C1(N)CCc2ccccc2C1. The number of hydrogen-bond acceptors (Lipinski definition) is 2. The predicted molar refractivity (Wildman–Crippen MR) is 86.5 cm³/mol. The molecule has 1 aliphatic rings. The molecule has 0 saturated heterocycles. The first-order valence-electron chi connectivity index (χ1n) is 7.70. The van der Waals surface area contributed by atoms with Crippen LogP contribution in [0.4, 0.5) is 0 Å². The molecule has 1 unspecified atom stereocenters. The molecule has 2 N–H and O–H groups in total. The maximum absolute atomic E-state index is 6.79. The first-order chi connectivity index (χ1) is 10.1. The Labute approximate surface area is 126 Å². The van der Waals surface area contributed by atoms with Crippen LogP contribution in [0.15, 0.2) is 48.5 Å². The third kappa shape index (κ3) is 2.81. The minimum Gasteiger partial charge on any atom is -0.491 e. The standard InChI is InChI=1S/C19H23NO/c1-14(2)21-18-10-6-5-9-17(18)19(20)12-11-15-7-3-4-8-16(15)13-19/h3-10,14H,11-13,20H2,1-2H3. The van der Waals surface area contributed by atoms with Gasteiger partial charge in [0.2, 0.25) is 0 Å². The normalized spacial score (nSPS) is 21.1. The fourth-order valence-electron chi connectivity index (χ4n) is 3.22. The highest BCUT2D eigenvalue weighted by atomic mass is 16.5. The molecule has 0 saturated carbocycles. The van der Waals surface area contributed by atoms with Crippen LogP contribution in [0.25, 0.3) is 0 Å². The lowest BCUT2D eigenvalue weighted by Gasteiger charge is -2.36. The zero-order chi connectivity index (χ0) is 14.9. The van der Waals surface area contributed by atoms with Crippen molar-refractivity contribution >= 4 is 0 Å². The van der Waals surface area contributed by atoms with Crippen LogP contribution < -0.4 is 10.5 Å². The minimum absolute atomic E-state index is 0.158. The average Bonchev–Trinajstić information content (AvgIpc) is 2.47. The van der Waals surface area contributed by atoms with Crippen LogP contribution in [0.5, 0.6) is 5.75 Å². The number of hydrogen-bond donors (Lipinski definition) is 1. The summed E-state index contributed by atoms with van der Waals surface area (Å²) in [5.74, 6) is 0.925. The third-order valence-electron chi connectivity index (χ3n) is 4.25. The van der Waals surface area contributed by atoms with Crippen molar-refractivity contribution in [2.45, 2.75) is 44.8 Å². The second-order valence-electron chi connectivity index (χ2n) is 6.26. The molecule has 110 valence electrons. The molecule has 1 aliphatic carbocycles. The zero-order valence-corrected chi connectivity index (χ0v) is 12.8. The summed E-state index contributed by atoms with van der Waals surface area (Å²) in [6.07, 6.45) is 3.03. The average molecular weight is 281 g/mol. The number of rotatable bonds is 3. The van der Waals surface area contributed by atoms with Crippen molar-refractivity contribution in [3.05, 3.63) is 65.2 Å². The summed E-state index contributed by atoms with van der Waals surface area (Å²) in [5.41, 5.74) is 10.4. The lowest BCUT2D eigenvalue weighted by Crippen LogP contribution is -2.42. The molecule has 0 spiro atoms. The number of aryl methyl sites for hydroxylation is 1. The van der Waals surface area contributed by atoms with Crippen LogP contribution in [0.3, 0.4) is 0 Å². The topological polar surface area (TPSA) is 35.2 Å². The molecule has 0 radical (unpaired) electrons. The predicted octanol–water partition coefficient (Wildman–Crippen LogP) is 3.82. The first kappa shape index (κ1) is 14.2. The molecule has 0 fully saturated rings. The summed E-state index contributed by atoms with van der Waals surface area (Å²) in [5, 5.41) is 0. The van der Waals surface area contributed by atoms with Gasteiger partial charge in [-0.25, -0.2) is 0 Å². The monoisotopic (exact) mass is 281 g/mol. The highest BCUT2D eigenvalue weighted by molar-refractivity contribution is 5.43. The van der Waals surface area contributed by atoms with Crippen LogP contribution >= 0.6 is 0 Å². The Hall–Kier alpha value is -1.80. The van der Waals surface area contributed by atoms with E-state index in [1.54, 1.807) is 0 Å². The van der Waals surface area contributed by atoms with Crippen LogP contribution in [-0.4, -0.2) is 6.10 Å². The Balaban J connectivity index is 1.97. The lowest BCUT2D eigenvalue weighted by atomic mass is 9.74. The molecule has 2 aromatic carbocycles. The summed E-state index contributed by atoms with van der Waals surface area (Å²) in [6, 6.07) is 16.8. The number of nitrogens with two attached hydrogens (primary N) is 1. The molecular weight excluding hydrogens is 258 g/mol. The van der Waals surface area contributed by atoms with E-state index >= 15 is 0 Å². The van der Waals surface area contributed by atoms with E-state index in [9.17, 15) is 0 Å². The lowest BCUT2D eigenvalue weighted by molar-refractivity contribution is 0.231. The van der Waals surface area contributed by atoms with E-state index in [0.717, 1.165) is 30.6 Å². The van der Waals surface area contributed by atoms with Gasteiger partial charge in [0.25, 0.3) is 0 Å². The van der Waals surface area contributed by atoms with Crippen LogP contribution in [-0.2, 0) is 18.4 Å². The maximum atomic E-state index is 6.79. The molecular formula is C19H23NO. The molecule has 0 bridgehead atoms. The molecule has 2 aromatic rings. The number of para-hydroxylation sites is 1. The second-order valence-corrected chi connectivity index (χ2v) is 6.26. The van der Waals surface area contributed by atoms with Crippen molar-refractivity contribution in [3.63, 3.8) is 0 Å². The van der Waals surface area contributed by atoms with Gasteiger partial charge in [-0.15, -0.1) is 0 Å². The van der Waals surface area contributed by atoms with Crippen LogP contribution in [0, 0.1) is 0 Å². The largest absolute Gasteiger partial charge is 0.491 e. The second kappa shape index (κ2) is 5.53. The maximum Gasteiger partial charge on any atom is 0.124 e. The Bertz CT molecular complexity index is 635. The van der Waals surface area contributed by atoms with Crippen molar-refractivity contribution in [1.82, 2.24) is 0 Å². The van der Waals surface area contributed by atoms with E-state index in [0.29, 0.717) is 0 Å². The van der Waals surface area contributed by atoms with Crippen LogP contribution in [0.2, 0.25) is 0 Å². The quantitative estimate of drug-likeness (QED) is 0.928. The van der Waals surface area contributed by atoms with Gasteiger partial charge in [0.1, 0.15) is 5.75 Å². The van der Waals surface area contributed by atoms with Gasteiger partial charge in [0.05, 0.1) is 6.10 Å². The zero-order valence-electron chi connectivity index (χ0n) is 12.8. The van der Waals surface area contributed by atoms with E-state index in [-0.39, 0.29) is 11.6 Å². The summed E-state index contributed by atoms with van der Waals surface area (Å²) in [6.45, 7) is 4.10. The van der Waals surface area contributed by atoms with E-state index in [4.69, 9.17) is 10.5 Å². The molecule has 0 aromatic heterocycles. The Kier molecular flexibility index (Phi) is 3.73. The number of fused-ring (bicyclic) bond motifs is 1. The molecule has 21 heavy (non-hydrogen) atoms. The number of benzene rings is 2. The van der Waals surface area contributed by atoms with Crippen molar-refractivity contribution in [1.29, 1.82) is 0 Å². The molecule has 2 heteroatoms. The van der Waals surface area contributed by atoms with E-state index in [1.165, 1.54) is 11.1 Å². The fourth-order valence-corrected chi connectivity index (χ4v) is 3.22. The highest BCUT2D eigenvalue weighted by Crippen LogP contribution is 2.38. The Morgan fingerprint density at radius 1 is 1.00 bits per heavy atom. The van der Waals surface area contributed by atoms with Gasteiger partial charge in [-0.1, -0.05) is 42.5 Å². The van der Waals surface area contributed by atoms with Crippen molar-refractivity contribution < 1.29 is 4.74 Å². The summed E-state index contributed by atoms with van der Waals surface area (Å²) < 4.78 is 5.97. The minimum atomic E-state index is -0.333. The van der Waals surface area contributed by atoms with E-state index in [2.05, 4.69) is 50.2 Å². The van der Waals surface area contributed by atoms with Gasteiger partial charge in [-0.2, -0.15) is 0 Å². The summed E-state index contributed by atoms with van der Waals surface area (Å²) in [7, 11) is 0. The van der Waals surface area contributed by atoms with Gasteiger partial charge < -0.3 is 10.5 Å². The fraction of sp³-hybridized carbons (Fsp3) is 0.368. The van der Waals surface area contributed by atoms with Gasteiger partial charge in [0, 0.05) is 11.1 Å². The Morgan fingerprint density at radius 2 is 1.67 bits per heavy atom. The molecule has 2 nitrogen and oxygen atoms in total. The van der Waals surface area contributed by atoms with E-state index in [1.807, 2.05) is 12.1 Å². The van der Waals surface area contributed by atoms with Crippen LogP contribution in [0.1, 0.15) is 37.0 Å². The smallest absolute Gasteiger partial charge is 0.124 e. The highest BCUT2D eigenvalue weighted by Gasteiger charge is 2.34. The van der Waals surface area contributed by atoms with Gasteiger partial charge in [-0.3, -0.25) is 0 Å². The first-order valence-corrected chi connectivity index (χ1v) is 7.70. The molecule has 0 heterocycles. The van der Waals surface area contributed by atoms with Crippen molar-refractivity contribution in [2.75, 3.05) is 0 Å². The molecule has 3 rings (SSSR count). The van der Waals surface area contributed by atoms with Gasteiger partial charge >= 0.3 is 0 Å². The molecule has 0 amide bonds. The molecule has 0 aliphatic heterocycles. The Morgan fingerprint density at radius 3 is 2.43 bits per heavy atom. The summed E-state index contributed by atoms with van der Waals surface area (Å²) >= 11 is 0. The van der Waals surface area contributed by atoms with Crippen molar-refractivity contribution in [3.8, 4) is 5.75 Å². The molecule has 1 atom stereocenters. The van der Waals surface area contributed by atoms with Gasteiger partial charge in [-0.05, 0) is 50.3 Å².